The van der Waals surface area contributed by atoms with E-state index < -0.39 is 12.4 Å². The summed E-state index contributed by atoms with van der Waals surface area (Å²) in [6.07, 6.45) is 2.05. The fourth-order valence-corrected chi connectivity index (χ4v) is 6.59. The Labute approximate surface area is 234 Å². The number of allylic oxidation sites excluding steroid dienone is 1. The molecule has 0 spiro atoms. The van der Waals surface area contributed by atoms with Crippen molar-refractivity contribution in [2.45, 2.75) is 58.8 Å². The first-order chi connectivity index (χ1) is 19.2. The molecule has 2 aliphatic rings. The normalized spacial score (nSPS) is 17.8. The van der Waals surface area contributed by atoms with Gasteiger partial charge in [0.2, 0.25) is 6.43 Å². The van der Waals surface area contributed by atoms with Gasteiger partial charge in [0.15, 0.2) is 0 Å². The molecular weight excluding hydrogens is 511 g/mol. The van der Waals surface area contributed by atoms with Crippen molar-refractivity contribution in [3.63, 3.8) is 0 Å². The van der Waals surface area contributed by atoms with Crippen LogP contribution in [0.1, 0.15) is 75.0 Å². The van der Waals surface area contributed by atoms with E-state index >= 15 is 0 Å². The van der Waals surface area contributed by atoms with Crippen LogP contribution in [-0.2, 0) is 12.8 Å². The van der Waals surface area contributed by atoms with Crippen LogP contribution in [0.15, 0.2) is 54.6 Å². The lowest BCUT2D eigenvalue weighted by Gasteiger charge is -2.20. The third kappa shape index (κ3) is 6.17. The quantitative estimate of drug-likeness (QED) is 0.311. The van der Waals surface area contributed by atoms with Gasteiger partial charge < -0.3 is 10.0 Å². The predicted molar refractivity (Wildman–Crippen MR) is 153 cm³/mol. The first-order valence-corrected chi connectivity index (χ1v) is 14.2. The number of aromatic carboxylic acids is 1. The summed E-state index contributed by atoms with van der Waals surface area (Å²) in [5.74, 6) is -0.729. The van der Waals surface area contributed by atoms with Gasteiger partial charge in [0.25, 0.3) is 0 Å². The Morgan fingerprint density at radius 3 is 2.42 bits per heavy atom. The molecule has 0 aromatic heterocycles. The summed E-state index contributed by atoms with van der Waals surface area (Å²) in [5.41, 5.74) is 9.68. The molecule has 1 unspecified atom stereocenters. The molecule has 0 radical (unpaired) electrons. The van der Waals surface area contributed by atoms with Gasteiger partial charge in [-0.25, -0.2) is 18.0 Å². The molecule has 1 aliphatic carbocycles. The summed E-state index contributed by atoms with van der Waals surface area (Å²) in [4.78, 5) is 13.9. The number of hydrogen-bond donors (Lipinski definition) is 1. The Bertz CT molecular complexity index is 1400. The van der Waals surface area contributed by atoms with E-state index in [0.29, 0.717) is 12.5 Å². The summed E-state index contributed by atoms with van der Waals surface area (Å²) in [5, 5.41) is 9.60. The smallest absolute Gasteiger partial charge is 0.335 e. The van der Waals surface area contributed by atoms with Crippen LogP contribution in [0.25, 0.3) is 11.1 Å². The first-order valence-electron chi connectivity index (χ1n) is 14.2. The summed E-state index contributed by atoms with van der Waals surface area (Å²) in [6, 6.07) is 17.1. The zero-order valence-electron chi connectivity index (χ0n) is 23.2. The number of nitrogens with zero attached hydrogens (tertiary/aromatic N) is 1. The molecule has 40 heavy (non-hydrogen) atoms. The summed E-state index contributed by atoms with van der Waals surface area (Å²) in [7, 11) is 0. The van der Waals surface area contributed by atoms with Crippen LogP contribution in [0.3, 0.4) is 0 Å². The first kappa shape index (κ1) is 28.2. The molecule has 1 fully saturated rings. The SMILES string of the molecule is Cc1cc(F)cc(C)c1C1=C(c2ccc(CC3CCN(CCC(F)F)C3)cc2)c2ccc(C(=O)O)cc2CCC1. The second-order valence-corrected chi connectivity index (χ2v) is 11.3. The van der Waals surface area contributed by atoms with Crippen LogP contribution in [0.5, 0.6) is 0 Å². The van der Waals surface area contributed by atoms with Gasteiger partial charge in [0.1, 0.15) is 5.82 Å². The molecule has 0 saturated carbocycles. The lowest BCUT2D eigenvalue weighted by atomic mass is 9.84. The number of carboxylic acid groups (broad SMARTS) is 1. The highest BCUT2D eigenvalue weighted by Gasteiger charge is 2.25. The summed E-state index contributed by atoms with van der Waals surface area (Å²) in [6.45, 7) is 6.08. The Morgan fingerprint density at radius 2 is 1.75 bits per heavy atom. The maximum atomic E-state index is 14.2. The zero-order chi connectivity index (χ0) is 28.4. The van der Waals surface area contributed by atoms with E-state index in [-0.39, 0.29) is 17.8 Å². The van der Waals surface area contributed by atoms with E-state index in [4.69, 9.17) is 0 Å². The zero-order valence-corrected chi connectivity index (χ0v) is 23.2. The number of benzene rings is 3. The van der Waals surface area contributed by atoms with E-state index in [0.717, 1.165) is 89.7 Å². The molecule has 1 atom stereocenters. The van der Waals surface area contributed by atoms with Gasteiger partial charge in [-0.05, 0) is 133 Å². The van der Waals surface area contributed by atoms with E-state index in [1.165, 1.54) is 5.56 Å². The lowest BCUT2D eigenvalue weighted by molar-refractivity contribution is 0.0696. The minimum atomic E-state index is -2.25. The standard InChI is InChI=1S/C34H36F3NO2/c1-21-16-28(35)17-22(2)32(21)30-5-3-4-26-19-27(34(39)40)10-11-29(26)33(30)25-8-6-23(7-9-25)18-24-12-14-38(20-24)15-13-31(36)37/h6-11,16-17,19,24,31H,3-5,12-15,18,20H2,1-2H3,(H,39,40). The number of carboxylic acids is 1. The molecule has 3 aromatic rings. The predicted octanol–water partition coefficient (Wildman–Crippen LogP) is 7.96. The fourth-order valence-electron chi connectivity index (χ4n) is 6.59. The van der Waals surface area contributed by atoms with Crippen LogP contribution in [0, 0.1) is 25.6 Å². The van der Waals surface area contributed by atoms with Gasteiger partial charge in [-0.1, -0.05) is 30.3 Å². The van der Waals surface area contributed by atoms with Gasteiger partial charge in [-0.15, -0.1) is 0 Å². The van der Waals surface area contributed by atoms with Crippen molar-refractivity contribution >= 4 is 17.1 Å². The minimum Gasteiger partial charge on any atom is -0.478 e. The Hall–Kier alpha value is -3.38. The maximum absolute atomic E-state index is 14.2. The molecule has 1 heterocycles. The molecule has 0 amide bonds. The number of rotatable bonds is 8. The molecule has 0 bridgehead atoms. The minimum absolute atomic E-state index is 0.0682. The van der Waals surface area contributed by atoms with Crippen molar-refractivity contribution in [2.24, 2.45) is 5.92 Å². The Balaban J connectivity index is 1.51. The molecule has 5 rings (SSSR count). The fraction of sp³-hybridized carbons (Fsp3) is 0.382. The maximum Gasteiger partial charge on any atom is 0.335 e. The van der Waals surface area contributed by atoms with Crippen LogP contribution in [0.4, 0.5) is 13.2 Å². The highest BCUT2D eigenvalue weighted by atomic mass is 19.3. The van der Waals surface area contributed by atoms with E-state index in [1.807, 2.05) is 19.9 Å². The highest BCUT2D eigenvalue weighted by molar-refractivity contribution is 6.01. The number of aryl methyl sites for hydroxylation is 3. The van der Waals surface area contributed by atoms with Crippen LogP contribution in [-0.4, -0.2) is 42.0 Å². The van der Waals surface area contributed by atoms with Gasteiger partial charge in [-0.2, -0.15) is 0 Å². The van der Waals surface area contributed by atoms with Gasteiger partial charge in [0.05, 0.1) is 5.56 Å². The van der Waals surface area contributed by atoms with Crippen molar-refractivity contribution in [3.05, 3.63) is 105 Å². The van der Waals surface area contributed by atoms with Crippen LogP contribution in [0.2, 0.25) is 0 Å². The van der Waals surface area contributed by atoms with Gasteiger partial charge in [0, 0.05) is 19.5 Å². The third-order valence-corrected chi connectivity index (χ3v) is 8.40. The summed E-state index contributed by atoms with van der Waals surface area (Å²) < 4.78 is 39.5. The number of carbonyl (C=O) groups is 1. The average molecular weight is 548 g/mol. The molecule has 210 valence electrons. The van der Waals surface area contributed by atoms with Crippen LogP contribution < -0.4 is 0 Å². The Morgan fingerprint density at radius 1 is 1.02 bits per heavy atom. The van der Waals surface area contributed by atoms with Crippen molar-refractivity contribution in [3.8, 4) is 0 Å². The van der Waals surface area contributed by atoms with Gasteiger partial charge in [-0.3, -0.25) is 0 Å². The van der Waals surface area contributed by atoms with E-state index in [1.54, 1.807) is 24.3 Å². The molecule has 1 N–H and O–H groups in total. The topological polar surface area (TPSA) is 40.5 Å². The van der Waals surface area contributed by atoms with E-state index in [2.05, 4.69) is 29.2 Å². The molecule has 1 saturated heterocycles. The van der Waals surface area contributed by atoms with Crippen molar-refractivity contribution in [1.82, 2.24) is 4.90 Å². The lowest BCUT2D eigenvalue weighted by Crippen LogP contribution is -2.23. The number of fused-ring (bicyclic) bond motifs is 1. The van der Waals surface area contributed by atoms with Crippen LogP contribution >= 0.6 is 0 Å². The van der Waals surface area contributed by atoms with Crippen molar-refractivity contribution in [1.29, 1.82) is 0 Å². The molecular formula is C34H36F3NO2. The monoisotopic (exact) mass is 547 g/mol. The number of halogens is 3. The number of hydrogen-bond acceptors (Lipinski definition) is 2. The average Bonchev–Trinajstić information content (AvgIpc) is 3.26. The van der Waals surface area contributed by atoms with Crippen molar-refractivity contribution < 1.29 is 23.1 Å². The van der Waals surface area contributed by atoms with E-state index in [9.17, 15) is 23.1 Å². The second kappa shape index (κ2) is 12.0. The summed E-state index contributed by atoms with van der Waals surface area (Å²) >= 11 is 0. The molecule has 1 aliphatic heterocycles. The van der Waals surface area contributed by atoms with Crippen molar-refractivity contribution in [2.75, 3.05) is 19.6 Å². The highest BCUT2D eigenvalue weighted by Crippen LogP contribution is 2.42. The third-order valence-electron chi connectivity index (χ3n) is 8.40. The molecule has 3 aromatic carbocycles. The van der Waals surface area contributed by atoms with Gasteiger partial charge >= 0.3 is 5.97 Å². The number of alkyl halides is 2. The Kier molecular flexibility index (Phi) is 8.46. The molecule has 3 nitrogen and oxygen atoms in total. The number of likely N-dealkylation sites (tertiary alicyclic amines) is 1. The molecule has 6 heteroatoms. The second-order valence-electron chi connectivity index (χ2n) is 11.3. The largest absolute Gasteiger partial charge is 0.478 e.